The fourth-order valence-electron chi connectivity index (χ4n) is 1.24. The summed E-state index contributed by atoms with van der Waals surface area (Å²) >= 11 is 0. The minimum Gasteiger partial charge on any atom is -0.273 e. The van der Waals surface area contributed by atoms with E-state index in [1.54, 1.807) is 9.44 Å². The van der Waals surface area contributed by atoms with E-state index >= 15 is 0 Å². The van der Waals surface area contributed by atoms with E-state index in [0.29, 0.717) is 6.42 Å². The van der Waals surface area contributed by atoms with Crippen molar-refractivity contribution in [1.29, 1.82) is 0 Å². The minimum atomic E-state index is -3.95. The largest absolute Gasteiger partial charge is 0.325 e. The molecule has 1 fully saturated rings. The Balaban J connectivity index is 2.81. The molecule has 2 amide bonds. The molecule has 6 nitrogen and oxygen atoms in total. The number of rotatable bonds is 2. The molecule has 0 radical (unpaired) electrons. The standard InChI is InChI=1S/C7H12N2O4S/c1-4(2)3-5-6(10)8-14(12,13)9-7(5)11/h4-5H,3H2,1-2H3,(H,8,10)(H,9,11). The summed E-state index contributed by atoms with van der Waals surface area (Å²) in [6.45, 7) is 3.70. The van der Waals surface area contributed by atoms with Crippen molar-refractivity contribution in [1.82, 2.24) is 9.44 Å². The van der Waals surface area contributed by atoms with Gasteiger partial charge in [-0.15, -0.1) is 0 Å². The SMILES string of the molecule is CC(C)CC1C(=O)NS(=O)(=O)NC1=O. The van der Waals surface area contributed by atoms with Crippen molar-refractivity contribution in [3.63, 3.8) is 0 Å². The molecule has 14 heavy (non-hydrogen) atoms. The average Bonchev–Trinajstić information content (AvgIpc) is 1.94. The lowest BCUT2D eigenvalue weighted by Gasteiger charge is -2.22. The highest BCUT2D eigenvalue weighted by Crippen LogP contribution is 2.15. The van der Waals surface area contributed by atoms with Gasteiger partial charge in [-0.3, -0.25) is 9.59 Å². The lowest BCUT2D eigenvalue weighted by Crippen LogP contribution is -2.56. The summed E-state index contributed by atoms with van der Waals surface area (Å²) in [6, 6.07) is 0. The van der Waals surface area contributed by atoms with Crippen molar-refractivity contribution in [2.45, 2.75) is 20.3 Å². The molecule has 0 saturated carbocycles. The predicted molar refractivity (Wildman–Crippen MR) is 48.2 cm³/mol. The van der Waals surface area contributed by atoms with Gasteiger partial charge in [-0.05, 0) is 12.3 Å². The third kappa shape index (κ3) is 2.44. The number of hydrogen-bond donors (Lipinski definition) is 2. The highest BCUT2D eigenvalue weighted by Gasteiger charge is 2.37. The van der Waals surface area contributed by atoms with Gasteiger partial charge in [-0.1, -0.05) is 13.8 Å². The van der Waals surface area contributed by atoms with Crippen molar-refractivity contribution in [3.05, 3.63) is 0 Å². The van der Waals surface area contributed by atoms with Crippen LogP contribution in [0.1, 0.15) is 20.3 Å². The summed E-state index contributed by atoms with van der Waals surface area (Å²) in [5.41, 5.74) is 0. The Morgan fingerprint density at radius 1 is 1.21 bits per heavy atom. The molecule has 1 aliphatic heterocycles. The van der Waals surface area contributed by atoms with E-state index in [2.05, 4.69) is 0 Å². The number of hydrogen-bond acceptors (Lipinski definition) is 4. The Morgan fingerprint density at radius 3 is 2.00 bits per heavy atom. The van der Waals surface area contributed by atoms with Gasteiger partial charge >= 0.3 is 10.2 Å². The summed E-state index contributed by atoms with van der Waals surface area (Å²) in [6.07, 6.45) is 0.340. The first-order valence-electron chi connectivity index (χ1n) is 4.20. The van der Waals surface area contributed by atoms with Crippen LogP contribution in [-0.2, 0) is 19.8 Å². The molecular formula is C7H12N2O4S. The molecule has 1 rings (SSSR count). The van der Waals surface area contributed by atoms with Crippen molar-refractivity contribution < 1.29 is 18.0 Å². The Bertz CT molecular complexity index is 336. The lowest BCUT2D eigenvalue weighted by atomic mass is 9.96. The number of nitrogens with one attached hydrogen (secondary N) is 2. The molecule has 1 aliphatic rings. The maximum Gasteiger partial charge on any atom is 0.325 e. The van der Waals surface area contributed by atoms with E-state index < -0.39 is 27.9 Å². The van der Waals surface area contributed by atoms with E-state index in [0.717, 1.165) is 0 Å². The van der Waals surface area contributed by atoms with Gasteiger partial charge in [0.25, 0.3) is 0 Å². The molecule has 0 aliphatic carbocycles. The van der Waals surface area contributed by atoms with Crippen molar-refractivity contribution in [3.8, 4) is 0 Å². The quantitative estimate of drug-likeness (QED) is 0.592. The van der Waals surface area contributed by atoms with E-state index in [1.807, 2.05) is 13.8 Å². The first kappa shape index (κ1) is 11.0. The third-order valence-corrected chi connectivity index (χ3v) is 2.75. The fraction of sp³-hybridized carbons (Fsp3) is 0.714. The molecule has 80 valence electrons. The highest BCUT2D eigenvalue weighted by atomic mass is 32.2. The van der Waals surface area contributed by atoms with Crippen molar-refractivity contribution in [2.75, 3.05) is 0 Å². The molecule has 0 spiro atoms. The topological polar surface area (TPSA) is 92.3 Å². The van der Waals surface area contributed by atoms with Crippen LogP contribution in [0.15, 0.2) is 0 Å². The van der Waals surface area contributed by atoms with E-state index in [4.69, 9.17) is 0 Å². The summed E-state index contributed by atoms with van der Waals surface area (Å²) in [5.74, 6) is -2.25. The summed E-state index contributed by atoms with van der Waals surface area (Å²) < 4.78 is 25.2. The Morgan fingerprint density at radius 2 is 1.64 bits per heavy atom. The number of carbonyl (C=O) groups is 2. The molecule has 1 heterocycles. The van der Waals surface area contributed by atoms with Gasteiger partial charge in [0.1, 0.15) is 5.92 Å². The Labute approximate surface area is 82.2 Å². The smallest absolute Gasteiger partial charge is 0.273 e. The average molecular weight is 220 g/mol. The van der Waals surface area contributed by atoms with Crippen LogP contribution < -0.4 is 9.44 Å². The maximum absolute atomic E-state index is 11.2. The zero-order chi connectivity index (χ0) is 10.9. The van der Waals surface area contributed by atoms with Crippen LogP contribution >= 0.6 is 0 Å². The van der Waals surface area contributed by atoms with Crippen LogP contribution in [0.2, 0.25) is 0 Å². The van der Waals surface area contributed by atoms with Crippen LogP contribution in [0.4, 0.5) is 0 Å². The van der Waals surface area contributed by atoms with Gasteiger partial charge in [-0.2, -0.15) is 8.42 Å². The molecule has 0 bridgehead atoms. The predicted octanol–water partition coefficient (Wildman–Crippen LogP) is -0.860. The van der Waals surface area contributed by atoms with Crippen LogP contribution in [0.5, 0.6) is 0 Å². The van der Waals surface area contributed by atoms with E-state index in [-0.39, 0.29) is 5.92 Å². The first-order valence-corrected chi connectivity index (χ1v) is 5.68. The van der Waals surface area contributed by atoms with E-state index in [9.17, 15) is 18.0 Å². The maximum atomic E-state index is 11.2. The van der Waals surface area contributed by atoms with Gasteiger partial charge < -0.3 is 0 Å². The molecule has 1 saturated heterocycles. The second-order valence-electron chi connectivity index (χ2n) is 3.62. The monoisotopic (exact) mass is 220 g/mol. The molecular weight excluding hydrogens is 208 g/mol. The highest BCUT2D eigenvalue weighted by molar-refractivity contribution is 7.88. The van der Waals surface area contributed by atoms with Crippen LogP contribution in [0, 0.1) is 11.8 Å². The Hall–Kier alpha value is -1.11. The van der Waals surface area contributed by atoms with Crippen LogP contribution in [-0.4, -0.2) is 20.2 Å². The van der Waals surface area contributed by atoms with Crippen LogP contribution in [0.3, 0.4) is 0 Å². The zero-order valence-electron chi connectivity index (χ0n) is 7.90. The zero-order valence-corrected chi connectivity index (χ0v) is 8.72. The normalized spacial score (nSPS) is 21.9. The van der Waals surface area contributed by atoms with E-state index in [1.165, 1.54) is 0 Å². The molecule has 0 unspecified atom stereocenters. The molecule has 0 atom stereocenters. The van der Waals surface area contributed by atoms with Crippen LogP contribution in [0.25, 0.3) is 0 Å². The number of carbonyl (C=O) groups excluding carboxylic acids is 2. The number of amides is 2. The van der Waals surface area contributed by atoms with Gasteiger partial charge in [-0.25, -0.2) is 9.44 Å². The molecule has 0 aromatic heterocycles. The molecule has 0 aromatic rings. The second kappa shape index (κ2) is 3.56. The second-order valence-corrected chi connectivity index (χ2v) is 5.03. The first-order chi connectivity index (χ1) is 6.32. The van der Waals surface area contributed by atoms with Gasteiger partial charge in [0.2, 0.25) is 11.8 Å². The van der Waals surface area contributed by atoms with Gasteiger partial charge in [0, 0.05) is 0 Å². The fourth-order valence-corrected chi connectivity index (χ4v) is 2.10. The lowest BCUT2D eigenvalue weighted by molar-refractivity contribution is -0.134. The van der Waals surface area contributed by atoms with Gasteiger partial charge in [0.15, 0.2) is 0 Å². The minimum absolute atomic E-state index is 0.150. The van der Waals surface area contributed by atoms with Crippen molar-refractivity contribution >= 4 is 22.0 Å². The molecule has 7 heteroatoms. The van der Waals surface area contributed by atoms with Crippen molar-refractivity contribution in [2.24, 2.45) is 11.8 Å². The summed E-state index contributed by atoms with van der Waals surface area (Å²) in [4.78, 5) is 22.4. The van der Waals surface area contributed by atoms with Gasteiger partial charge in [0.05, 0.1) is 0 Å². The Kier molecular flexibility index (Phi) is 2.79. The summed E-state index contributed by atoms with van der Waals surface area (Å²) in [7, 11) is -3.95. The molecule has 2 N–H and O–H groups in total. The third-order valence-electron chi connectivity index (χ3n) is 1.81. The molecule has 0 aromatic carbocycles. The summed E-state index contributed by atoms with van der Waals surface area (Å²) in [5, 5.41) is 0.